The summed E-state index contributed by atoms with van der Waals surface area (Å²) in [6.45, 7) is 3.77. The number of hydrogen-bond donors (Lipinski definition) is 2. The zero-order chi connectivity index (χ0) is 26.5. The lowest BCUT2D eigenvalue weighted by molar-refractivity contribution is 0.0849. The number of ether oxygens (including phenoxy) is 1. The van der Waals surface area contributed by atoms with Gasteiger partial charge in [0, 0.05) is 50.4 Å². The Labute approximate surface area is 227 Å². The second-order valence-corrected chi connectivity index (χ2v) is 11.0. The third-order valence-electron chi connectivity index (χ3n) is 8.13. The second kappa shape index (κ2) is 9.73. The first-order chi connectivity index (χ1) is 19.1. The van der Waals surface area contributed by atoms with Crippen LogP contribution in [0.15, 0.2) is 36.5 Å². The van der Waals surface area contributed by atoms with Crippen LogP contribution < -0.4 is 10.6 Å². The fraction of sp³-hybridized carbons (Fsp3) is 0.400. The van der Waals surface area contributed by atoms with Crippen molar-refractivity contribution in [3.63, 3.8) is 0 Å². The van der Waals surface area contributed by atoms with Crippen molar-refractivity contribution in [1.82, 2.24) is 29.7 Å². The number of fused-ring (bicyclic) bond motifs is 4. The molecule has 200 valence electrons. The largest absolute Gasteiger partial charge is 0.381 e. The first kappa shape index (κ1) is 24.2. The number of anilines is 2. The molecule has 2 N–H and O–H groups in total. The fourth-order valence-electron chi connectivity index (χ4n) is 6.32. The molecule has 7 rings (SSSR count). The maximum absolute atomic E-state index is 13.1. The third kappa shape index (κ3) is 4.26. The number of hydrogen-bond acceptors (Lipinski definition) is 7. The van der Waals surface area contributed by atoms with Gasteiger partial charge in [0.25, 0.3) is 5.91 Å². The average molecular weight is 524 g/mol. The lowest BCUT2D eigenvalue weighted by Gasteiger charge is -2.25. The number of benzene rings is 1. The van der Waals surface area contributed by atoms with Gasteiger partial charge in [0.05, 0.1) is 39.9 Å². The second-order valence-electron chi connectivity index (χ2n) is 11.0. The van der Waals surface area contributed by atoms with E-state index >= 15 is 0 Å². The van der Waals surface area contributed by atoms with Crippen molar-refractivity contribution in [2.24, 2.45) is 0 Å². The summed E-state index contributed by atoms with van der Waals surface area (Å²) in [4.78, 5) is 30.1. The van der Waals surface area contributed by atoms with Crippen molar-refractivity contribution >= 4 is 28.4 Å². The molecule has 9 heteroatoms. The van der Waals surface area contributed by atoms with Gasteiger partial charge in [0.15, 0.2) is 0 Å². The summed E-state index contributed by atoms with van der Waals surface area (Å²) in [6.07, 6.45) is 5.93. The van der Waals surface area contributed by atoms with Gasteiger partial charge in [-0.1, -0.05) is 18.2 Å². The first-order valence-electron chi connectivity index (χ1n) is 13.8. The normalized spacial score (nSPS) is 17.1. The minimum atomic E-state index is -0.0944. The molecule has 39 heavy (non-hydrogen) atoms. The topological polar surface area (TPSA) is 97.2 Å². The Kier molecular flexibility index (Phi) is 6.05. The Morgan fingerprint density at radius 1 is 1.15 bits per heavy atom. The van der Waals surface area contributed by atoms with Crippen LogP contribution >= 0.6 is 0 Å². The highest BCUT2D eigenvalue weighted by Gasteiger charge is 2.29. The Bertz CT molecular complexity index is 1590. The Morgan fingerprint density at radius 3 is 2.87 bits per heavy atom. The van der Waals surface area contributed by atoms with E-state index in [9.17, 15) is 4.79 Å². The van der Waals surface area contributed by atoms with E-state index in [-0.39, 0.29) is 5.91 Å². The third-order valence-corrected chi connectivity index (χ3v) is 8.13. The smallest absolute Gasteiger partial charge is 0.254 e. The van der Waals surface area contributed by atoms with E-state index in [4.69, 9.17) is 19.7 Å². The van der Waals surface area contributed by atoms with Gasteiger partial charge in [-0.2, -0.15) is 0 Å². The molecule has 0 spiro atoms. The van der Waals surface area contributed by atoms with Crippen molar-refractivity contribution < 1.29 is 9.53 Å². The van der Waals surface area contributed by atoms with E-state index in [0.29, 0.717) is 29.5 Å². The minimum absolute atomic E-state index is 0.0944. The Morgan fingerprint density at radius 2 is 2.03 bits per heavy atom. The van der Waals surface area contributed by atoms with Crippen molar-refractivity contribution in [1.29, 1.82) is 0 Å². The highest BCUT2D eigenvalue weighted by molar-refractivity contribution is 6.06. The zero-order valence-corrected chi connectivity index (χ0v) is 22.5. The average Bonchev–Trinajstić information content (AvgIpc) is 3.65. The van der Waals surface area contributed by atoms with Crippen LogP contribution in [0.25, 0.3) is 22.3 Å². The van der Waals surface area contributed by atoms with Crippen molar-refractivity contribution in [2.75, 3.05) is 32.6 Å². The lowest BCUT2D eigenvalue weighted by atomic mass is 9.90. The quantitative estimate of drug-likeness (QED) is 0.387. The lowest BCUT2D eigenvalue weighted by Crippen LogP contribution is -2.20. The Balaban J connectivity index is 1.26. The molecule has 3 aliphatic heterocycles. The van der Waals surface area contributed by atoms with Gasteiger partial charge in [-0.15, -0.1) is 0 Å². The molecule has 0 bridgehead atoms. The molecule has 9 nitrogen and oxygen atoms in total. The monoisotopic (exact) mass is 523 g/mol. The number of nitrogens with zero attached hydrogens (tertiary/aromatic N) is 5. The van der Waals surface area contributed by atoms with Crippen molar-refractivity contribution in [3.05, 3.63) is 64.7 Å². The summed E-state index contributed by atoms with van der Waals surface area (Å²) in [6, 6.07) is 10.5. The van der Waals surface area contributed by atoms with Gasteiger partial charge >= 0.3 is 0 Å². The summed E-state index contributed by atoms with van der Waals surface area (Å²) < 4.78 is 7.89. The number of amides is 1. The molecule has 0 atom stereocenters. The molecule has 0 aliphatic carbocycles. The number of carbonyl (C=O) groups is 1. The summed E-state index contributed by atoms with van der Waals surface area (Å²) in [5.41, 5.74) is 8.43. The molecule has 6 heterocycles. The first-order valence-corrected chi connectivity index (χ1v) is 13.8. The van der Waals surface area contributed by atoms with Crippen LogP contribution in [0.4, 0.5) is 11.5 Å². The molecule has 3 aliphatic rings. The van der Waals surface area contributed by atoms with Gasteiger partial charge in [0.2, 0.25) is 0 Å². The van der Waals surface area contributed by atoms with Crippen molar-refractivity contribution in [2.45, 2.75) is 51.2 Å². The van der Waals surface area contributed by atoms with Crippen LogP contribution in [0.5, 0.6) is 0 Å². The molecule has 1 amide bonds. The zero-order valence-electron chi connectivity index (χ0n) is 22.5. The molecule has 0 radical (unpaired) electrons. The number of aromatic nitrogens is 4. The predicted octanol–water partition coefficient (Wildman–Crippen LogP) is 4.38. The molecule has 1 aromatic carbocycles. The van der Waals surface area contributed by atoms with Crippen LogP contribution in [0, 0.1) is 0 Å². The molecule has 0 unspecified atom stereocenters. The maximum atomic E-state index is 13.1. The predicted molar refractivity (Wildman–Crippen MR) is 150 cm³/mol. The number of para-hydroxylation sites is 1. The highest BCUT2D eigenvalue weighted by atomic mass is 16.5. The summed E-state index contributed by atoms with van der Waals surface area (Å²) in [7, 11) is 4.12. The SMILES string of the molecule is CN(C)Cc1nc(Nc2cnc(-c3cccc4c3nc3n4CCC3)c3c2C(=O)NC3)ccc1C1CCOCC1. The molecule has 0 saturated carbocycles. The van der Waals surface area contributed by atoms with Gasteiger partial charge in [0.1, 0.15) is 11.6 Å². The molecular formula is C30H33N7O2. The maximum Gasteiger partial charge on any atom is 0.254 e. The number of carbonyl (C=O) groups excluding carboxylic acids is 1. The number of nitrogens with one attached hydrogen (secondary N) is 2. The number of imidazole rings is 1. The summed E-state index contributed by atoms with van der Waals surface area (Å²) in [5, 5.41) is 6.44. The van der Waals surface area contributed by atoms with Crippen LogP contribution in [-0.2, 0) is 30.8 Å². The Hall–Kier alpha value is -3.82. The van der Waals surface area contributed by atoms with E-state index < -0.39 is 0 Å². The van der Waals surface area contributed by atoms with E-state index in [1.54, 1.807) is 6.20 Å². The van der Waals surface area contributed by atoms with Gasteiger partial charge in [-0.3, -0.25) is 9.78 Å². The van der Waals surface area contributed by atoms with E-state index in [1.165, 1.54) is 5.56 Å². The van der Waals surface area contributed by atoms with Crippen molar-refractivity contribution in [3.8, 4) is 11.3 Å². The minimum Gasteiger partial charge on any atom is -0.381 e. The van der Waals surface area contributed by atoms with Gasteiger partial charge < -0.3 is 24.8 Å². The van der Waals surface area contributed by atoms with Crippen LogP contribution in [0.1, 0.15) is 58.2 Å². The van der Waals surface area contributed by atoms with Gasteiger partial charge in [-0.25, -0.2) is 9.97 Å². The highest BCUT2D eigenvalue weighted by Crippen LogP contribution is 2.37. The van der Waals surface area contributed by atoms with Gasteiger partial charge in [-0.05, 0) is 57.0 Å². The summed E-state index contributed by atoms with van der Waals surface area (Å²) >= 11 is 0. The summed E-state index contributed by atoms with van der Waals surface area (Å²) in [5.74, 6) is 2.21. The standard InChI is InChI=1S/C30H33N7O2/c1-36(2)17-23-19(18-10-13-39-14-11-18)8-9-25(34-23)33-22-16-31-28(21-15-32-30(38)27(21)22)20-5-3-6-24-29(20)35-26-7-4-12-37(24)26/h3,5-6,8-9,16,18H,4,7,10-15,17H2,1-2H3,(H,32,38)(H,33,34). The molecule has 1 fully saturated rings. The number of aryl methyl sites for hydroxylation is 2. The van der Waals surface area contributed by atoms with E-state index in [0.717, 1.165) is 91.4 Å². The number of rotatable bonds is 6. The van der Waals surface area contributed by atoms with E-state index in [1.807, 2.05) is 6.07 Å². The molecule has 1 saturated heterocycles. The number of pyridine rings is 2. The van der Waals surface area contributed by atoms with Crippen LogP contribution in [-0.4, -0.2) is 57.6 Å². The van der Waals surface area contributed by atoms with Crippen LogP contribution in [0.3, 0.4) is 0 Å². The molecular weight excluding hydrogens is 490 g/mol. The van der Waals surface area contributed by atoms with E-state index in [2.05, 4.69) is 58.5 Å². The molecule has 4 aromatic rings. The fourth-order valence-corrected chi connectivity index (χ4v) is 6.32. The molecule has 3 aromatic heterocycles. The van der Waals surface area contributed by atoms with Crippen LogP contribution in [0.2, 0.25) is 0 Å².